The molecule has 2 heteroatoms. The third kappa shape index (κ3) is 3.62. The quantitative estimate of drug-likeness (QED) is 0.399. The van der Waals surface area contributed by atoms with E-state index in [-0.39, 0.29) is 33.9 Å². The smallest absolute Gasteiger partial charge is 0.0610 e. The number of rotatable bonds is 6. The van der Waals surface area contributed by atoms with Gasteiger partial charge in [0.05, 0.1) is 12.2 Å². The maximum atomic E-state index is 11.5. The molecule has 4 aliphatic rings. The fourth-order valence-corrected chi connectivity index (χ4v) is 10.3. The predicted octanol–water partition coefficient (Wildman–Crippen LogP) is 7.78. The second-order valence-electron chi connectivity index (χ2n) is 14.4. The molecular weight excluding hydrogens is 404 g/mol. The summed E-state index contributed by atoms with van der Waals surface area (Å²) in [5.74, 6) is 3.35. The van der Waals surface area contributed by atoms with E-state index in [9.17, 15) is 10.2 Å². The molecule has 0 aliphatic heterocycles. The maximum Gasteiger partial charge on any atom is 0.0610 e. The van der Waals surface area contributed by atoms with Crippen molar-refractivity contribution in [3.8, 4) is 0 Å². The fraction of sp³-hybridized carbons (Fsp3) is 0.935. The number of hydrogen-bond donors (Lipinski definition) is 2. The van der Waals surface area contributed by atoms with Crippen molar-refractivity contribution in [1.82, 2.24) is 0 Å². The van der Waals surface area contributed by atoms with Crippen LogP contribution in [0.15, 0.2) is 11.6 Å². The zero-order valence-corrected chi connectivity index (χ0v) is 23.1. The molecule has 0 aromatic rings. The Morgan fingerprint density at radius 2 is 1.64 bits per heavy atom. The lowest BCUT2D eigenvalue weighted by Crippen LogP contribution is -2.60. The molecule has 0 aromatic carbocycles. The van der Waals surface area contributed by atoms with Crippen LogP contribution in [-0.2, 0) is 0 Å². The molecule has 0 radical (unpaired) electrons. The van der Waals surface area contributed by atoms with Gasteiger partial charge in [0.1, 0.15) is 0 Å². The summed E-state index contributed by atoms with van der Waals surface area (Å²) < 4.78 is 0. The first-order chi connectivity index (χ1) is 15.3. The van der Waals surface area contributed by atoms with Gasteiger partial charge in [0.2, 0.25) is 0 Å². The third-order valence-corrected chi connectivity index (χ3v) is 12.3. The number of fused-ring (bicyclic) bond motifs is 5. The molecule has 0 spiro atoms. The van der Waals surface area contributed by atoms with E-state index in [2.05, 4.69) is 61.5 Å². The van der Waals surface area contributed by atoms with Crippen molar-refractivity contribution in [3.05, 3.63) is 11.6 Å². The van der Waals surface area contributed by atoms with Crippen molar-refractivity contribution >= 4 is 0 Å². The van der Waals surface area contributed by atoms with Crippen LogP contribution in [0.5, 0.6) is 0 Å². The van der Waals surface area contributed by atoms with Crippen molar-refractivity contribution in [2.24, 2.45) is 51.2 Å². The predicted molar refractivity (Wildman–Crippen MR) is 139 cm³/mol. The highest BCUT2D eigenvalue weighted by molar-refractivity contribution is 5.35. The highest BCUT2D eigenvalue weighted by atomic mass is 16.3. The first kappa shape index (κ1) is 25.7. The molecule has 0 heterocycles. The standard InChI is InChI=1S/C31H54O2/c1-20(2)10-9-11-21(3)23-15-19-31(22(4)32)25-12-13-26-28(5,6)27(33)16-17-29(26,7)24(25)14-18-30(23,31)8/h12,20-24,26-27,32-33H,9-11,13-19H2,1-8H3/t21-,22-,23-,24+,26+,27+,29-,30-,31-/m1/s1. The summed E-state index contributed by atoms with van der Waals surface area (Å²) in [5.41, 5.74) is 2.00. The molecule has 0 amide bonds. The largest absolute Gasteiger partial charge is 0.393 e. The van der Waals surface area contributed by atoms with Crippen LogP contribution >= 0.6 is 0 Å². The van der Waals surface area contributed by atoms with E-state index in [0.717, 1.165) is 43.4 Å². The van der Waals surface area contributed by atoms with E-state index in [1.807, 2.05) is 0 Å². The number of hydrogen-bond acceptors (Lipinski definition) is 2. The molecule has 2 N–H and O–H groups in total. The van der Waals surface area contributed by atoms with E-state index in [0.29, 0.717) is 11.8 Å². The Morgan fingerprint density at radius 1 is 0.939 bits per heavy atom. The molecule has 0 aromatic heterocycles. The van der Waals surface area contributed by atoms with E-state index in [1.165, 1.54) is 38.5 Å². The summed E-state index contributed by atoms with van der Waals surface area (Å²) >= 11 is 0. The van der Waals surface area contributed by atoms with Crippen molar-refractivity contribution < 1.29 is 10.2 Å². The normalized spacial score (nSPS) is 46.2. The summed E-state index contributed by atoms with van der Waals surface area (Å²) in [6.07, 6.45) is 14.2. The van der Waals surface area contributed by atoms with Crippen LogP contribution in [0.25, 0.3) is 0 Å². The molecule has 3 saturated carbocycles. The zero-order chi connectivity index (χ0) is 24.4. The molecule has 0 unspecified atom stereocenters. The molecule has 0 bridgehead atoms. The second kappa shape index (κ2) is 8.65. The monoisotopic (exact) mass is 458 g/mol. The first-order valence-electron chi connectivity index (χ1n) is 14.4. The van der Waals surface area contributed by atoms with Gasteiger partial charge >= 0.3 is 0 Å². The van der Waals surface area contributed by atoms with Crippen LogP contribution in [0.1, 0.15) is 120 Å². The first-order valence-corrected chi connectivity index (χ1v) is 14.4. The summed E-state index contributed by atoms with van der Waals surface area (Å²) in [6, 6.07) is 0. The third-order valence-electron chi connectivity index (χ3n) is 12.3. The van der Waals surface area contributed by atoms with Crippen LogP contribution in [0, 0.1) is 51.2 Å². The van der Waals surface area contributed by atoms with Crippen LogP contribution in [0.3, 0.4) is 0 Å². The minimum absolute atomic E-state index is 0.0308. The lowest BCUT2D eigenvalue weighted by molar-refractivity contribution is -0.144. The molecule has 3 fully saturated rings. The lowest BCUT2D eigenvalue weighted by atomic mass is 9.40. The van der Waals surface area contributed by atoms with Gasteiger partial charge in [-0.05, 0) is 97.7 Å². The molecule has 9 atom stereocenters. The van der Waals surface area contributed by atoms with Crippen LogP contribution in [0.2, 0.25) is 0 Å². The van der Waals surface area contributed by atoms with Gasteiger partial charge in [0.15, 0.2) is 0 Å². The SMILES string of the molecule is CC(C)CCC[C@@H](C)[C@H]1CC[C@@]2([C@@H](C)O)C3=CC[C@H]4C(C)(C)[C@@H](O)CC[C@]4(C)[C@H]3CC[C@]12C. The van der Waals surface area contributed by atoms with Crippen molar-refractivity contribution in [1.29, 1.82) is 0 Å². The molecule has 4 aliphatic carbocycles. The number of aliphatic hydroxyl groups is 2. The molecule has 33 heavy (non-hydrogen) atoms. The van der Waals surface area contributed by atoms with Crippen molar-refractivity contribution in [2.45, 2.75) is 132 Å². The highest BCUT2D eigenvalue weighted by Crippen LogP contribution is 2.74. The average Bonchev–Trinajstić information content (AvgIpc) is 3.05. The van der Waals surface area contributed by atoms with Gasteiger partial charge in [-0.25, -0.2) is 0 Å². The Balaban J connectivity index is 1.68. The molecule has 2 nitrogen and oxygen atoms in total. The number of aliphatic hydroxyl groups excluding tert-OH is 2. The summed E-state index contributed by atoms with van der Waals surface area (Å²) in [5, 5.41) is 22.4. The lowest BCUT2D eigenvalue weighted by Gasteiger charge is -2.65. The maximum absolute atomic E-state index is 11.5. The fourth-order valence-electron chi connectivity index (χ4n) is 10.3. The molecule has 0 saturated heterocycles. The average molecular weight is 459 g/mol. The van der Waals surface area contributed by atoms with E-state index in [1.54, 1.807) is 5.57 Å². The molecule has 190 valence electrons. The zero-order valence-electron chi connectivity index (χ0n) is 23.1. The van der Waals surface area contributed by atoms with E-state index >= 15 is 0 Å². The Bertz CT molecular complexity index is 750. The minimum Gasteiger partial charge on any atom is -0.393 e. The van der Waals surface area contributed by atoms with Gasteiger partial charge in [-0.15, -0.1) is 0 Å². The van der Waals surface area contributed by atoms with Gasteiger partial charge in [-0.3, -0.25) is 0 Å². The Morgan fingerprint density at radius 3 is 2.27 bits per heavy atom. The van der Waals surface area contributed by atoms with Crippen LogP contribution < -0.4 is 0 Å². The van der Waals surface area contributed by atoms with Gasteiger partial charge in [-0.1, -0.05) is 79.4 Å². The Kier molecular flexibility index (Phi) is 6.75. The van der Waals surface area contributed by atoms with Crippen molar-refractivity contribution in [3.63, 3.8) is 0 Å². The molecular formula is C31H54O2. The van der Waals surface area contributed by atoms with Gasteiger partial charge < -0.3 is 10.2 Å². The van der Waals surface area contributed by atoms with E-state index in [4.69, 9.17) is 0 Å². The van der Waals surface area contributed by atoms with Gasteiger partial charge in [-0.2, -0.15) is 0 Å². The Labute approximate surface area is 205 Å². The molecule has 4 rings (SSSR count). The van der Waals surface area contributed by atoms with E-state index < -0.39 is 0 Å². The number of allylic oxidation sites excluding steroid dienone is 1. The van der Waals surface area contributed by atoms with Gasteiger partial charge in [0, 0.05) is 5.41 Å². The summed E-state index contributed by atoms with van der Waals surface area (Å²) in [7, 11) is 0. The van der Waals surface area contributed by atoms with Crippen LogP contribution in [0.4, 0.5) is 0 Å². The summed E-state index contributed by atoms with van der Waals surface area (Å²) in [4.78, 5) is 0. The van der Waals surface area contributed by atoms with Crippen LogP contribution in [-0.4, -0.2) is 22.4 Å². The topological polar surface area (TPSA) is 40.5 Å². The highest BCUT2D eigenvalue weighted by Gasteiger charge is 2.68. The summed E-state index contributed by atoms with van der Waals surface area (Å²) in [6.45, 7) is 19.0. The van der Waals surface area contributed by atoms with Gasteiger partial charge in [0.25, 0.3) is 0 Å². The Hall–Kier alpha value is -0.340. The van der Waals surface area contributed by atoms with Crippen molar-refractivity contribution in [2.75, 3.05) is 0 Å². The minimum atomic E-state index is -0.285. The second-order valence-corrected chi connectivity index (χ2v) is 14.4.